The van der Waals surface area contributed by atoms with E-state index in [1.165, 1.54) is 6.92 Å². The molecule has 8 nitrogen and oxygen atoms in total. The standard InChI is InChI=1S/C9H15N3O5S/c1-3-17-9(14)7-4-10-11-8(7)18(15,16)12-6(2)5-13/h4,6,12-13H,3,5H2,1-2H3,(H,10,11)/t6-/m1/s1. The number of hydrogen-bond acceptors (Lipinski definition) is 6. The Bertz CT molecular complexity index is 510. The lowest BCUT2D eigenvalue weighted by Gasteiger charge is -2.11. The SMILES string of the molecule is CCOC(=O)c1cn[nH]c1S(=O)(=O)N[C@H](C)CO. The number of carbonyl (C=O) groups is 1. The number of sulfonamides is 1. The number of carbonyl (C=O) groups excluding carboxylic acids is 1. The Hall–Kier alpha value is -1.45. The van der Waals surface area contributed by atoms with Gasteiger partial charge in [-0.2, -0.15) is 5.10 Å². The summed E-state index contributed by atoms with van der Waals surface area (Å²) in [6.45, 7) is 2.86. The molecule has 1 aromatic rings. The summed E-state index contributed by atoms with van der Waals surface area (Å²) in [7, 11) is -3.95. The van der Waals surface area contributed by atoms with Crippen molar-refractivity contribution in [2.75, 3.05) is 13.2 Å². The topological polar surface area (TPSA) is 121 Å². The van der Waals surface area contributed by atoms with Crippen molar-refractivity contribution >= 4 is 16.0 Å². The molecular weight excluding hydrogens is 262 g/mol. The highest BCUT2D eigenvalue weighted by molar-refractivity contribution is 7.89. The number of hydrogen-bond donors (Lipinski definition) is 3. The van der Waals surface area contributed by atoms with E-state index in [9.17, 15) is 13.2 Å². The Labute approximate surface area is 104 Å². The van der Waals surface area contributed by atoms with Crippen LogP contribution in [-0.2, 0) is 14.8 Å². The van der Waals surface area contributed by atoms with Gasteiger partial charge in [0.25, 0.3) is 10.0 Å². The van der Waals surface area contributed by atoms with Crippen molar-refractivity contribution in [1.82, 2.24) is 14.9 Å². The molecule has 1 rings (SSSR count). The number of aromatic amines is 1. The third-order valence-corrected chi connectivity index (χ3v) is 3.56. The number of aromatic nitrogens is 2. The van der Waals surface area contributed by atoms with E-state index >= 15 is 0 Å². The largest absolute Gasteiger partial charge is 0.462 e. The zero-order valence-electron chi connectivity index (χ0n) is 10.0. The molecule has 0 aliphatic carbocycles. The Balaban J connectivity index is 3.03. The van der Waals surface area contributed by atoms with Crippen LogP contribution in [0.25, 0.3) is 0 Å². The fraction of sp³-hybridized carbons (Fsp3) is 0.556. The van der Waals surface area contributed by atoms with Crippen molar-refractivity contribution < 1.29 is 23.1 Å². The molecule has 0 spiro atoms. The number of esters is 1. The average molecular weight is 277 g/mol. The summed E-state index contributed by atoms with van der Waals surface area (Å²) >= 11 is 0. The van der Waals surface area contributed by atoms with Crippen LogP contribution in [0.5, 0.6) is 0 Å². The number of H-pyrrole nitrogens is 1. The molecule has 9 heteroatoms. The lowest BCUT2D eigenvalue weighted by Crippen LogP contribution is -2.36. The van der Waals surface area contributed by atoms with Crippen LogP contribution in [0.4, 0.5) is 0 Å². The highest BCUT2D eigenvalue weighted by atomic mass is 32.2. The molecule has 1 aromatic heterocycles. The molecule has 0 amide bonds. The zero-order chi connectivity index (χ0) is 13.8. The zero-order valence-corrected chi connectivity index (χ0v) is 10.8. The van der Waals surface area contributed by atoms with E-state index in [4.69, 9.17) is 9.84 Å². The summed E-state index contributed by atoms with van der Waals surface area (Å²) in [5.41, 5.74) is -0.172. The maximum atomic E-state index is 11.9. The highest BCUT2D eigenvalue weighted by Gasteiger charge is 2.26. The first-order chi connectivity index (χ1) is 8.42. The van der Waals surface area contributed by atoms with Crippen molar-refractivity contribution in [3.05, 3.63) is 11.8 Å². The minimum absolute atomic E-state index is 0.129. The van der Waals surface area contributed by atoms with Crippen molar-refractivity contribution in [1.29, 1.82) is 0 Å². The normalized spacial score (nSPS) is 13.3. The summed E-state index contributed by atoms with van der Waals surface area (Å²) in [6.07, 6.45) is 1.08. The monoisotopic (exact) mass is 277 g/mol. The van der Waals surface area contributed by atoms with Gasteiger partial charge in [-0.15, -0.1) is 0 Å². The Morgan fingerprint density at radius 2 is 2.33 bits per heavy atom. The molecule has 0 bridgehead atoms. The number of ether oxygens (including phenoxy) is 1. The molecular formula is C9H15N3O5S. The van der Waals surface area contributed by atoms with Gasteiger partial charge in [0.15, 0.2) is 5.03 Å². The number of rotatable bonds is 6. The minimum atomic E-state index is -3.95. The molecule has 18 heavy (non-hydrogen) atoms. The second-order valence-corrected chi connectivity index (χ2v) is 5.19. The van der Waals surface area contributed by atoms with Crippen LogP contribution in [-0.4, -0.2) is 48.9 Å². The van der Waals surface area contributed by atoms with Crippen LogP contribution >= 0.6 is 0 Å². The van der Waals surface area contributed by atoms with Crippen LogP contribution in [0.3, 0.4) is 0 Å². The molecule has 0 radical (unpaired) electrons. The molecule has 1 atom stereocenters. The van der Waals surface area contributed by atoms with E-state index in [2.05, 4.69) is 14.9 Å². The summed E-state index contributed by atoms with van der Waals surface area (Å²) < 4.78 is 30.7. The molecule has 0 saturated heterocycles. The van der Waals surface area contributed by atoms with Gasteiger partial charge >= 0.3 is 5.97 Å². The van der Waals surface area contributed by atoms with Gasteiger partial charge in [0.1, 0.15) is 5.56 Å². The number of aliphatic hydroxyl groups excluding tert-OH is 1. The smallest absolute Gasteiger partial charge is 0.342 e. The van der Waals surface area contributed by atoms with E-state index in [0.29, 0.717) is 0 Å². The Morgan fingerprint density at radius 1 is 1.67 bits per heavy atom. The Morgan fingerprint density at radius 3 is 2.89 bits per heavy atom. The van der Waals surface area contributed by atoms with Crippen molar-refractivity contribution in [2.24, 2.45) is 0 Å². The number of nitrogens with one attached hydrogen (secondary N) is 2. The van der Waals surface area contributed by atoms with Gasteiger partial charge in [0, 0.05) is 6.04 Å². The lowest BCUT2D eigenvalue weighted by atomic mass is 10.4. The summed E-state index contributed by atoms with van der Waals surface area (Å²) in [4.78, 5) is 11.5. The van der Waals surface area contributed by atoms with Gasteiger partial charge in [-0.3, -0.25) is 5.10 Å². The summed E-state index contributed by atoms with van der Waals surface area (Å²) in [6, 6.07) is -0.673. The average Bonchev–Trinajstić information content (AvgIpc) is 2.78. The third-order valence-electron chi connectivity index (χ3n) is 2.00. The molecule has 0 aliphatic rings. The second kappa shape index (κ2) is 5.94. The van der Waals surface area contributed by atoms with Crippen LogP contribution in [0.1, 0.15) is 24.2 Å². The summed E-state index contributed by atoms with van der Waals surface area (Å²) in [5, 5.41) is 14.2. The first kappa shape index (κ1) is 14.6. The molecule has 0 aromatic carbocycles. The van der Waals surface area contributed by atoms with Gasteiger partial charge in [0.2, 0.25) is 0 Å². The maximum Gasteiger partial charge on any atom is 0.342 e. The molecule has 0 fully saturated rings. The second-order valence-electron chi connectivity index (χ2n) is 3.54. The van der Waals surface area contributed by atoms with Gasteiger partial charge in [-0.05, 0) is 13.8 Å². The van der Waals surface area contributed by atoms with Crippen LogP contribution < -0.4 is 4.72 Å². The van der Waals surface area contributed by atoms with Crippen molar-refractivity contribution in [2.45, 2.75) is 24.9 Å². The van der Waals surface area contributed by atoms with Gasteiger partial charge in [-0.1, -0.05) is 0 Å². The van der Waals surface area contributed by atoms with Crippen LogP contribution in [0.15, 0.2) is 11.2 Å². The Kier molecular flexibility index (Phi) is 4.82. The van der Waals surface area contributed by atoms with E-state index < -0.39 is 22.0 Å². The van der Waals surface area contributed by atoms with Crippen LogP contribution in [0.2, 0.25) is 0 Å². The molecule has 102 valence electrons. The van der Waals surface area contributed by atoms with Crippen molar-refractivity contribution in [3.63, 3.8) is 0 Å². The first-order valence-electron chi connectivity index (χ1n) is 5.26. The molecule has 0 unspecified atom stereocenters. The fourth-order valence-electron chi connectivity index (χ4n) is 1.19. The van der Waals surface area contributed by atoms with E-state index in [1.807, 2.05) is 0 Å². The lowest BCUT2D eigenvalue weighted by molar-refractivity contribution is 0.0522. The molecule has 0 saturated carbocycles. The predicted molar refractivity (Wildman–Crippen MR) is 61.4 cm³/mol. The van der Waals surface area contributed by atoms with E-state index in [1.54, 1.807) is 6.92 Å². The first-order valence-corrected chi connectivity index (χ1v) is 6.74. The van der Waals surface area contributed by atoms with Gasteiger partial charge < -0.3 is 9.84 Å². The van der Waals surface area contributed by atoms with Gasteiger partial charge in [0.05, 0.1) is 19.4 Å². The van der Waals surface area contributed by atoms with Gasteiger partial charge in [-0.25, -0.2) is 17.9 Å². The third kappa shape index (κ3) is 3.28. The van der Waals surface area contributed by atoms with Crippen molar-refractivity contribution in [3.8, 4) is 0 Å². The summed E-state index contributed by atoms with van der Waals surface area (Å²) in [5.74, 6) is -0.775. The molecule has 1 heterocycles. The molecule has 3 N–H and O–H groups in total. The highest BCUT2D eigenvalue weighted by Crippen LogP contribution is 2.13. The van der Waals surface area contributed by atoms with E-state index in [-0.39, 0.29) is 23.8 Å². The van der Waals surface area contributed by atoms with Crippen LogP contribution in [0, 0.1) is 0 Å². The predicted octanol–water partition coefficient (Wildman–Crippen LogP) is -0.754. The quantitative estimate of drug-likeness (QED) is 0.588. The minimum Gasteiger partial charge on any atom is -0.462 e. The fourth-order valence-corrected chi connectivity index (χ4v) is 2.51. The number of aliphatic hydroxyl groups is 1. The van der Waals surface area contributed by atoms with E-state index in [0.717, 1.165) is 6.20 Å². The molecule has 0 aliphatic heterocycles. The number of nitrogens with zero attached hydrogens (tertiary/aromatic N) is 1. The maximum absolute atomic E-state index is 11.9.